The first kappa shape index (κ1) is 41.8. The maximum Gasteiger partial charge on any atom is 0.242 e. The maximum absolute atomic E-state index is 15.4. The minimum atomic E-state index is -1.30. The number of aromatic nitrogens is 2. The van der Waals surface area contributed by atoms with Crippen molar-refractivity contribution in [3.05, 3.63) is 131 Å². The number of thiophene rings is 1. The van der Waals surface area contributed by atoms with Crippen molar-refractivity contribution in [1.29, 1.82) is 0 Å². The fourth-order valence-corrected chi connectivity index (χ4v) is 12.5. The molecule has 6 unspecified atom stereocenters. The van der Waals surface area contributed by atoms with Gasteiger partial charge in [-0.05, 0) is 134 Å². The minimum Gasteiger partial charge on any atom is -0.508 e. The van der Waals surface area contributed by atoms with Gasteiger partial charge in [-0.2, -0.15) is 15.3 Å². The summed E-state index contributed by atoms with van der Waals surface area (Å²) in [5, 5.41) is 25.7. The summed E-state index contributed by atoms with van der Waals surface area (Å²) in [4.78, 5) is 65.2. The Bertz CT molecular complexity index is 3170. The van der Waals surface area contributed by atoms with E-state index in [2.05, 4.69) is 10.2 Å². The van der Waals surface area contributed by atoms with E-state index in [1.807, 2.05) is 81.4 Å². The van der Waals surface area contributed by atoms with Gasteiger partial charge in [-0.25, -0.2) is 4.90 Å². The quantitative estimate of drug-likeness (QED) is 0.0945. The van der Waals surface area contributed by atoms with Crippen LogP contribution in [0.5, 0.6) is 11.5 Å². The van der Waals surface area contributed by atoms with Gasteiger partial charge >= 0.3 is 0 Å². The lowest BCUT2D eigenvalue weighted by molar-refractivity contribution is -0.132. The fourth-order valence-electron chi connectivity index (χ4n) is 11.1. The number of carbonyl (C=O) groups excluding carboxylic acids is 4. The molecular formula is C51H44ClN7O6S. The van der Waals surface area contributed by atoms with Crippen LogP contribution >= 0.6 is 22.9 Å². The number of aromatic hydroxyl groups is 1. The number of benzene rings is 4. The lowest BCUT2D eigenvalue weighted by atomic mass is 9.51. The van der Waals surface area contributed by atoms with Crippen LogP contribution in [0.15, 0.2) is 125 Å². The summed E-state index contributed by atoms with van der Waals surface area (Å²) in [6, 6.07) is 27.0. The maximum atomic E-state index is 15.4. The Kier molecular flexibility index (Phi) is 9.72. The number of imide groups is 2. The number of fused-ring (bicyclic) bond motifs is 6. The van der Waals surface area contributed by atoms with Gasteiger partial charge in [-0.1, -0.05) is 23.3 Å². The third-order valence-corrected chi connectivity index (χ3v) is 15.9. The molecule has 66 heavy (non-hydrogen) atoms. The van der Waals surface area contributed by atoms with Crippen LogP contribution in [0.1, 0.15) is 30.9 Å². The fraction of sp³-hybridized carbons (Fsp3) is 0.275. The molecule has 5 heterocycles. The zero-order valence-corrected chi connectivity index (χ0v) is 38.3. The molecule has 13 nitrogen and oxygen atoms in total. The Balaban J connectivity index is 0.940. The van der Waals surface area contributed by atoms with Crippen molar-refractivity contribution in [1.82, 2.24) is 9.78 Å². The number of allylic oxidation sites excluding steroid dienone is 3. The van der Waals surface area contributed by atoms with E-state index in [4.69, 9.17) is 21.4 Å². The van der Waals surface area contributed by atoms with Crippen molar-refractivity contribution < 1.29 is 29.0 Å². The van der Waals surface area contributed by atoms with E-state index in [1.165, 1.54) is 9.80 Å². The lowest BCUT2D eigenvalue weighted by Gasteiger charge is -2.49. The lowest BCUT2D eigenvalue weighted by Crippen LogP contribution is -2.51. The largest absolute Gasteiger partial charge is 0.508 e. The highest BCUT2D eigenvalue weighted by Gasteiger charge is 2.68. The molecule has 15 heteroatoms. The van der Waals surface area contributed by atoms with Gasteiger partial charge in [0.25, 0.3) is 0 Å². The zero-order valence-electron chi connectivity index (χ0n) is 36.7. The second-order valence-electron chi connectivity index (χ2n) is 18.3. The number of amides is 4. The van der Waals surface area contributed by atoms with E-state index in [-0.39, 0.29) is 42.2 Å². The highest BCUT2D eigenvalue weighted by molar-refractivity contribution is 7.22. The highest BCUT2D eigenvalue weighted by Crippen LogP contribution is 2.63. The summed E-state index contributed by atoms with van der Waals surface area (Å²) >= 11 is 7.93. The standard InChI is InChI=1S/C51H44ClN7O6S/c1-26-37-22-29(52)6-19-42(37)66-46(26)40-24-43(57(5)55-40)59-48(62)39-23-38-35(45(51(39,2)50(59)64)28-20-27-21-34(60)15-18-41(27)65-25-28)16-17-36-44(38)49(63)58(47(36)61)33-13-9-31(10-14-33)54-53-30-7-11-32(12-8-30)56(3)4/h6-16,18-19,21-22,24-25,36,38-39,44-45,60H,17,20,23H2,1-5H3. The number of carbonyl (C=O) groups is 4. The summed E-state index contributed by atoms with van der Waals surface area (Å²) in [6.07, 6.45) is 4.50. The third kappa shape index (κ3) is 6.36. The predicted molar refractivity (Wildman–Crippen MR) is 254 cm³/mol. The Labute approximate surface area is 389 Å². The summed E-state index contributed by atoms with van der Waals surface area (Å²) in [7, 11) is 5.66. The first-order valence-electron chi connectivity index (χ1n) is 21.9. The first-order chi connectivity index (χ1) is 31.7. The van der Waals surface area contributed by atoms with Gasteiger partial charge in [0.05, 0.1) is 51.4 Å². The monoisotopic (exact) mass is 917 g/mol. The van der Waals surface area contributed by atoms with E-state index in [0.717, 1.165) is 42.9 Å². The molecule has 3 aliphatic heterocycles. The van der Waals surface area contributed by atoms with Gasteiger partial charge in [0, 0.05) is 60.5 Å². The molecule has 332 valence electrons. The number of halogens is 1. The number of ether oxygens (including phenoxy) is 1. The van der Waals surface area contributed by atoms with Crippen LogP contribution in [0.3, 0.4) is 0 Å². The molecule has 5 aliphatic rings. The molecule has 0 spiro atoms. The number of hydrogen-bond donors (Lipinski definition) is 1. The summed E-state index contributed by atoms with van der Waals surface area (Å²) in [5.74, 6) is -3.87. The predicted octanol–water partition coefficient (Wildman–Crippen LogP) is 10.2. The number of nitrogens with zero attached hydrogens (tertiary/aromatic N) is 7. The average Bonchev–Trinajstić information content (AvgIpc) is 3.98. The molecule has 0 radical (unpaired) electrons. The normalized spacial score (nSPS) is 24.6. The van der Waals surface area contributed by atoms with Crippen molar-refractivity contribution >= 4 is 85.2 Å². The van der Waals surface area contributed by atoms with Crippen LogP contribution in [-0.2, 0) is 32.6 Å². The Morgan fingerprint density at radius 3 is 2.33 bits per heavy atom. The molecular weight excluding hydrogens is 874 g/mol. The topological polar surface area (TPSA) is 150 Å². The zero-order chi connectivity index (χ0) is 45.9. The van der Waals surface area contributed by atoms with Gasteiger partial charge in [0.15, 0.2) is 0 Å². The average molecular weight is 918 g/mol. The molecule has 4 aromatic carbocycles. The molecule has 6 aromatic rings. The summed E-state index contributed by atoms with van der Waals surface area (Å²) < 4.78 is 8.81. The molecule has 0 bridgehead atoms. The molecule has 4 amide bonds. The van der Waals surface area contributed by atoms with Crippen molar-refractivity contribution in [3.63, 3.8) is 0 Å². The molecule has 3 fully saturated rings. The van der Waals surface area contributed by atoms with E-state index in [1.54, 1.807) is 77.9 Å². The third-order valence-electron chi connectivity index (χ3n) is 14.4. The van der Waals surface area contributed by atoms with Gasteiger partial charge in [-0.3, -0.25) is 28.8 Å². The number of anilines is 3. The van der Waals surface area contributed by atoms with Gasteiger partial charge in [0.2, 0.25) is 23.6 Å². The Hall–Kier alpha value is -6.90. The van der Waals surface area contributed by atoms with Gasteiger partial charge in [-0.15, -0.1) is 11.3 Å². The van der Waals surface area contributed by atoms with Crippen molar-refractivity contribution in [2.24, 2.45) is 52.3 Å². The Morgan fingerprint density at radius 2 is 1.61 bits per heavy atom. The SMILES string of the molecule is Cc1c(-c2cc(N3C(=O)C4CC5C(=CCC6C(=O)N(c7ccc(N=Nc8ccc(N(C)C)cc8)cc7)C(=O)C65)C(C5=COc6ccc(O)cc6C5)C4(C)C3=O)n(C)n2)sc2ccc(Cl)cc12. The molecule has 11 rings (SSSR count). The van der Waals surface area contributed by atoms with Gasteiger partial charge in [0.1, 0.15) is 23.0 Å². The van der Waals surface area contributed by atoms with Crippen LogP contribution < -0.4 is 19.4 Å². The number of aryl methyl sites for hydroxylation is 2. The van der Waals surface area contributed by atoms with Crippen molar-refractivity contribution in [3.8, 4) is 22.1 Å². The summed E-state index contributed by atoms with van der Waals surface area (Å²) in [5.41, 5.74) is 5.36. The van der Waals surface area contributed by atoms with E-state index in [0.29, 0.717) is 45.8 Å². The van der Waals surface area contributed by atoms with Crippen molar-refractivity contribution in [2.45, 2.75) is 33.1 Å². The second kappa shape index (κ2) is 15.3. The Morgan fingerprint density at radius 1 is 0.879 bits per heavy atom. The van der Waals surface area contributed by atoms with E-state index < -0.39 is 35.0 Å². The first-order valence-corrected chi connectivity index (χ1v) is 23.1. The van der Waals surface area contributed by atoms with Crippen molar-refractivity contribution in [2.75, 3.05) is 28.8 Å². The van der Waals surface area contributed by atoms with Crippen LogP contribution in [0.25, 0.3) is 20.7 Å². The second-order valence-corrected chi connectivity index (χ2v) is 19.8. The molecule has 2 aromatic heterocycles. The minimum absolute atomic E-state index is 0.0763. The molecule has 6 atom stereocenters. The van der Waals surface area contributed by atoms with E-state index >= 15 is 9.59 Å². The van der Waals surface area contributed by atoms with Crippen LogP contribution in [0.4, 0.5) is 28.6 Å². The van der Waals surface area contributed by atoms with Crippen LogP contribution in [-0.4, -0.2) is 52.6 Å². The number of rotatable bonds is 7. The number of azo groups is 1. The number of hydrogen-bond acceptors (Lipinski definition) is 11. The van der Waals surface area contributed by atoms with Crippen LogP contribution in [0, 0.1) is 41.9 Å². The summed E-state index contributed by atoms with van der Waals surface area (Å²) in [6.45, 7) is 3.87. The van der Waals surface area contributed by atoms with Crippen LogP contribution in [0.2, 0.25) is 5.02 Å². The number of phenolic OH excluding ortho intramolecular Hbond substituents is 1. The molecule has 1 saturated carbocycles. The van der Waals surface area contributed by atoms with E-state index in [9.17, 15) is 14.7 Å². The molecule has 2 saturated heterocycles. The molecule has 2 aliphatic carbocycles. The smallest absolute Gasteiger partial charge is 0.242 e. The van der Waals surface area contributed by atoms with Gasteiger partial charge < -0.3 is 14.7 Å². The highest BCUT2D eigenvalue weighted by atomic mass is 35.5. The number of phenols is 1. The molecule has 1 N–H and O–H groups in total.